The van der Waals surface area contributed by atoms with Gasteiger partial charge in [0.05, 0.1) is 11.5 Å². The number of nitrogens with zero attached hydrogens (tertiary/aromatic N) is 1. The first kappa shape index (κ1) is 15.9. The lowest BCUT2D eigenvalue weighted by molar-refractivity contribution is -0.118. The zero-order valence-electron chi connectivity index (χ0n) is 12.4. The van der Waals surface area contributed by atoms with E-state index >= 15 is 0 Å². The van der Waals surface area contributed by atoms with Crippen LogP contribution in [0.1, 0.15) is 36.3 Å². The molecule has 0 radical (unpaired) electrons. The number of carbonyl (C=O) groups excluding carboxylic acids is 1. The van der Waals surface area contributed by atoms with Crippen molar-refractivity contribution in [2.75, 3.05) is 5.32 Å². The molecule has 2 aliphatic carbocycles. The summed E-state index contributed by atoms with van der Waals surface area (Å²) in [4.78, 5) is 13.8. The minimum Gasteiger partial charge on any atom is -0.316 e. The topological polar surface area (TPSA) is 52.9 Å². The van der Waals surface area contributed by atoms with E-state index in [1.807, 2.05) is 13.8 Å². The monoisotopic (exact) mass is 354 g/mol. The number of carbonyl (C=O) groups is 1. The molecule has 6 heteroatoms. The number of allylic oxidation sites excluding steroid dienone is 1. The summed E-state index contributed by atoms with van der Waals surface area (Å²) < 4.78 is 0.196. The Labute approximate surface area is 143 Å². The molecule has 22 heavy (non-hydrogen) atoms. The van der Waals surface area contributed by atoms with E-state index in [2.05, 4.69) is 11.4 Å². The number of nitrogens with one attached hydrogen (secondary N) is 1. The maximum absolute atomic E-state index is 12.5. The highest BCUT2D eigenvalue weighted by molar-refractivity contribution is 7.16. The second-order valence-corrected chi connectivity index (χ2v) is 8.56. The van der Waals surface area contributed by atoms with E-state index in [4.69, 9.17) is 23.2 Å². The third-order valence-electron chi connectivity index (χ3n) is 4.77. The van der Waals surface area contributed by atoms with Crippen molar-refractivity contribution in [1.29, 1.82) is 5.26 Å². The van der Waals surface area contributed by atoms with E-state index in [9.17, 15) is 10.1 Å². The smallest absolute Gasteiger partial charge is 0.229 e. The zero-order chi connectivity index (χ0) is 16.1. The van der Waals surface area contributed by atoms with Crippen molar-refractivity contribution in [1.82, 2.24) is 0 Å². The first-order valence-electron chi connectivity index (χ1n) is 7.24. The molecule has 1 aromatic rings. The van der Waals surface area contributed by atoms with Gasteiger partial charge in [0.1, 0.15) is 15.6 Å². The average molecular weight is 355 g/mol. The number of amides is 1. The summed E-state index contributed by atoms with van der Waals surface area (Å²) in [6, 6.07) is 2.25. The van der Waals surface area contributed by atoms with E-state index in [1.54, 1.807) is 17.4 Å². The molecule has 1 N–H and O–H groups in total. The van der Waals surface area contributed by atoms with Gasteiger partial charge < -0.3 is 5.32 Å². The Bertz CT molecular complexity index is 710. The molecule has 0 saturated heterocycles. The van der Waals surface area contributed by atoms with Gasteiger partial charge in [-0.25, -0.2) is 0 Å². The van der Waals surface area contributed by atoms with Crippen LogP contribution in [-0.2, 0) is 17.6 Å². The molecule has 2 atom stereocenters. The van der Waals surface area contributed by atoms with E-state index in [0.717, 1.165) is 24.8 Å². The van der Waals surface area contributed by atoms with Crippen molar-refractivity contribution < 1.29 is 4.79 Å². The number of hydrogen-bond donors (Lipinski definition) is 1. The van der Waals surface area contributed by atoms with Crippen LogP contribution in [0.25, 0.3) is 0 Å². The zero-order valence-corrected chi connectivity index (χ0v) is 14.7. The molecule has 2 unspecified atom stereocenters. The SMILES string of the molecule is CC1(C)C(C=C(Cl)Cl)C1C(=O)Nc1sc2c(c1C#N)CCC2. The summed E-state index contributed by atoms with van der Waals surface area (Å²) in [6.07, 6.45) is 4.77. The Morgan fingerprint density at radius 2 is 2.18 bits per heavy atom. The Hall–Kier alpha value is -1.02. The fraction of sp³-hybridized carbons (Fsp3) is 0.500. The first-order chi connectivity index (χ1) is 10.4. The lowest BCUT2D eigenvalue weighted by atomic mass is 10.1. The van der Waals surface area contributed by atoms with Crippen LogP contribution >= 0.6 is 34.5 Å². The summed E-state index contributed by atoms with van der Waals surface area (Å²) in [5.41, 5.74) is 1.61. The van der Waals surface area contributed by atoms with Gasteiger partial charge in [-0.1, -0.05) is 37.0 Å². The molecule has 2 aliphatic rings. The lowest BCUT2D eigenvalue weighted by Gasteiger charge is -2.05. The average Bonchev–Trinajstić information content (AvgIpc) is 2.78. The molecule has 1 aromatic heterocycles. The van der Waals surface area contributed by atoms with Gasteiger partial charge in [-0.15, -0.1) is 11.3 Å². The fourth-order valence-corrected chi connectivity index (χ4v) is 4.94. The molecular formula is C16H16Cl2N2OS. The maximum Gasteiger partial charge on any atom is 0.229 e. The molecular weight excluding hydrogens is 339 g/mol. The van der Waals surface area contributed by atoms with Crippen LogP contribution in [0.15, 0.2) is 10.6 Å². The maximum atomic E-state index is 12.5. The number of halogens is 2. The lowest BCUT2D eigenvalue weighted by Crippen LogP contribution is -2.16. The Balaban J connectivity index is 1.79. The van der Waals surface area contributed by atoms with Gasteiger partial charge in [0, 0.05) is 4.88 Å². The number of nitriles is 1. The normalized spacial score (nSPS) is 24.3. The van der Waals surface area contributed by atoms with E-state index in [1.165, 1.54) is 4.88 Å². The largest absolute Gasteiger partial charge is 0.316 e. The van der Waals surface area contributed by atoms with Crippen LogP contribution < -0.4 is 5.32 Å². The molecule has 3 rings (SSSR count). The molecule has 1 heterocycles. The fourth-order valence-electron chi connectivity index (χ4n) is 3.43. The third kappa shape index (κ3) is 2.56. The highest BCUT2D eigenvalue weighted by Crippen LogP contribution is 2.60. The number of hydrogen-bond acceptors (Lipinski definition) is 3. The summed E-state index contributed by atoms with van der Waals surface area (Å²) in [5, 5.41) is 13.0. The quantitative estimate of drug-likeness (QED) is 0.859. The molecule has 1 fully saturated rings. The standard InChI is InChI=1S/C16H16Cl2N2OS/c1-16(2)10(6-12(17)18)13(16)14(21)20-15-9(7-19)8-4-3-5-11(8)22-15/h6,10,13H,3-5H2,1-2H3,(H,20,21). The van der Waals surface area contributed by atoms with Crippen LogP contribution in [0.5, 0.6) is 0 Å². The Morgan fingerprint density at radius 3 is 2.82 bits per heavy atom. The van der Waals surface area contributed by atoms with Gasteiger partial charge >= 0.3 is 0 Å². The van der Waals surface area contributed by atoms with Crippen molar-refractivity contribution >= 4 is 45.4 Å². The number of anilines is 1. The van der Waals surface area contributed by atoms with Crippen molar-refractivity contribution in [3.8, 4) is 6.07 Å². The van der Waals surface area contributed by atoms with E-state index in [-0.39, 0.29) is 27.6 Å². The number of aryl methyl sites for hydroxylation is 1. The van der Waals surface area contributed by atoms with Gasteiger partial charge in [0.25, 0.3) is 0 Å². The molecule has 0 aliphatic heterocycles. The summed E-state index contributed by atoms with van der Waals surface area (Å²) in [6.45, 7) is 4.05. The van der Waals surface area contributed by atoms with Crippen LogP contribution in [0.3, 0.4) is 0 Å². The second-order valence-electron chi connectivity index (χ2n) is 6.44. The predicted octanol–water partition coefficient (Wildman–Crippen LogP) is 4.64. The van der Waals surface area contributed by atoms with Gasteiger partial charge in [0.15, 0.2) is 0 Å². The molecule has 0 aromatic carbocycles. The predicted molar refractivity (Wildman–Crippen MR) is 90.2 cm³/mol. The van der Waals surface area contributed by atoms with Crippen molar-refractivity contribution in [3.05, 3.63) is 26.6 Å². The number of thiophene rings is 1. The number of rotatable bonds is 3. The van der Waals surface area contributed by atoms with Crippen LogP contribution in [0.4, 0.5) is 5.00 Å². The number of fused-ring (bicyclic) bond motifs is 1. The molecule has 0 spiro atoms. The highest BCUT2D eigenvalue weighted by atomic mass is 35.5. The summed E-state index contributed by atoms with van der Waals surface area (Å²) in [5.74, 6) is -0.185. The van der Waals surface area contributed by atoms with E-state index in [0.29, 0.717) is 10.6 Å². The van der Waals surface area contributed by atoms with Gasteiger partial charge in [-0.05, 0) is 42.2 Å². The second kappa shape index (κ2) is 5.56. The van der Waals surface area contributed by atoms with Crippen molar-refractivity contribution in [3.63, 3.8) is 0 Å². The molecule has 0 bridgehead atoms. The molecule has 1 saturated carbocycles. The van der Waals surface area contributed by atoms with Crippen molar-refractivity contribution in [2.24, 2.45) is 17.3 Å². The first-order valence-corrected chi connectivity index (χ1v) is 8.81. The van der Waals surface area contributed by atoms with Gasteiger partial charge in [-0.3, -0.25) is 4.79 Å². The Kier molecular flexibility index (Phi) is 4.01. The van der Waals surface area contributed by atoms with Crippen molar-refractivity contribution in [2.45, 2.75) is 33.1 Å². The summed E-state index contributed by atoms with van der Waals surface area (Å²) >= 11 is 13.0. The minimum absolute atomic E-state index is 0.0369. The van der Waals surface area contributed by atoms with Gasteiger partial charge in [-0.2, -0.15) is 5.26 Å². The van der Waals surface area contributed by atoms with Crippen LogP contribution in [0, 0.1) is 28.6 Å². The van der Waals surface area contributed by atoms with Crippen LogP contribution in [0.2, 0.25) is 0 Å². The highest BCUT2D eigenvalue weighted by Gasteiger charge is 2.60. The van der Waals surface area contributed by atoms with Gasteiger partial charge in [0.2, 0.25) is 5.91 Å². The third-order valence-corrected chi connectivity index (χ3v) is 6.23. The molecule has 116 valence electrons. The van der Waals surface area contributed by atoms with Crippen LogP contribution in [-0.4, -0.2) is 5.91 Å². The van der Waals surface area contributed by atoms with E-state index < -0.39 is 0 Å². The Morgan fingerprint density at radius 1 is 1.45 bits per heavy atom. The molecule has 1 amide bonds. The summed E-state index contributed by atoms with van der Waals surface area (Å²) in [7, 11) is 0. The minimum atomic E-state index is -0.163. The molecule has 3 nitrogen and oxygen atoms in total.